The number of carbonyl (C=O) groups is 1. The summed E-state index contributed by atoms with van der Waals surface area (Å²) >= 11 is 1.34. The molecule has 2 aromatic heterocycles. The van der Waals surface area contributed by atoms with Crippen LogP contribution in [0.4, 0.5) is 0 Å². The van der Waals surface area contributed by atoms with Crippen LogP contribution < -0.4 is 5.63 Å². The van der Waals surface area contributed by atoms with Gasteiger partial charge in [-0.05, 0) is 19.9 Å². The van der Waals surface area contributed by atoms with Gasteiger partial charge in [-0.1, -0.05) is 0 Å². The maximum absolute atomic E-state index is 11.5. The van der Waals surface area contributed by atoms with Gasteiger partial charge in [0.15, 0.2) is 0 Å². The van der Waals surface area contributed by atoms with Crippen LogP contribution in [0.25, 0.3) is 10.2 Å². The Hall–Kier alpha value is -1.69. The molecule has 2 rings (SSSR count). The van der Waals surface area contributed by atoms with Crippen LogP contribution in [0.3, 0.4) is 0 Å². The minimum atomic E-state index is -0.715. The van der Waals surface area contributed by atoms with E-state index in [1.54, 1.807) is 13.0 Å². The van der Waals surface area contributed by atoms with Crippen LogP contribution in [-0.4, -0.2) is 17.6 Å². The summed E-state index contributed by atoms with van der Waals surface area (Å²) in [5.74, 6) is -1.01. The monoisotopic (exact) mass is 239 g/mol. The number of hydrogen-bond donors (Lipinski definition) is 0. The van der Waals surface area contributed by atoms with E-state index in [1.165, 1.54) is 11.3 Å². The van der Waals surface area contributed by atoms with Crippen molar-refractivity contribution in [3.8, 4) is 0 Å². The molecule has 0 bridgehead atoms. The third kappa shape index (κ3) is 1.83. The van der Waals surface area contributed by atoms with Gasteiger partial charge < -0.3 is 9.15 Å². The molecule has 0 aliphatic heterocycles. The van der Waals surface area contributed by atoms with Crippen LogP contribution in [0.15, 0.2) is 15.3 Å². The number of aromatic nitrogens is 1. The molecular formula is C10H9NO4S. The molecule has 5 nitrogen and oxygen atoms in total. The van der Waals surface area contributed by atoms with Gasteiger partial charge in [0.2, 0.25) is 0 Å². The fourth-order valence-electron chi connectivity index (χ4n) is 1.27. The number of esters is 1. The molecular weight excluding hydrogens is 230 g/mol. The highest BCUT2D eigenvalue weighted by molar-refractivity contribution is 7.18. The van der Waals surface area contributed by atoms with Gasteiger partial charge in [-0.15, -0.1) is 11.3 Å². The predicted octanol–water partition coefficient (Wildman–Crippen LogP) is 1.73. The number of thiophene rings is 1. The number of aryl methyl sites for hydroxylation is 1. The highest BCUT2D eigenvalue weighted by Gasteiger charge is 2.16. The third-order valence-electron chi connectivity index (χ3n) is 1.90. The summed E-state index contributed by atoms with van der Waals surface area (Å²) in [5.41, 5.74) is -0.558. The Morgan fingerprint density at radius 1 is 1.62 bits per heavy atom. The molecule has 0 radical (unpaired) electrons. The zero-order chi connectivity index (χ0) is 11.7. The number of fused-ring (bicyclic) bond motifs is 1. The fourth-order valence-corrected chi connectivity index (χ4v) is 2.13. The molecule has 6 heteroatoms. The van der Waals surface area contributed by atoms with Crippen molar-refractivity contribution in [1.29, 1.82) is 0 Å². The van der Waals surface area contributed by atoms with E-state index >= 15 is 0 Å². The Morgan fingerprint density at radius 3 is 3.06 bits per heavy atom. The Bertz CT molecular complexity index is 598. The molecule has 0 unspecified atom stereocenters. The average Bonchev–Trinajstić information content (AvgIpc) is 2.59. The molecule has 0 aliphatic carbocycles. The number of ether oxygens (including phenoxy) is 1. The van der Waals surface area contributed by atoms with E-state index in [0.29, 0.717) is 10.2 Å². The molecule has 16 heavy (non-hydrogen) atoms. The fraction of sp³-hybridized carbons (Fsp3) is 0.300. The largest absolute Gasteiger partial charge is 0.459 e. The van der Waals surface area contributed by atoms with Crippen LogP contribution in [0.1, 0.15) is 22.5 Å². The second-order valence-electron chi connectivity index (χ2n) is 3.10. The van der Waals surface area contributed by atoms with Gasteiger partial charge >= 0.3 is 17.5 Å². The summed E-state index contributed by atoms with van der Waals surface area (Å²) < 4.78 is 9.49. The molecule has 0 saturated heterocycles. The quantitative estimate of drug-likeness (QED) is 0.746. The molecule has 0 aliphatic rings. The zero-order valence-electron chi connectivity index (χ0n) is 8.77. The molecule has 2 heterocycles. The third-order valence-corrected chi connectivity index (χ3v) is 2.84. The minimum Gasteiger partial charge on any atom is -0.459 e. The van der Waals surface area contributed by atoms with Gasteiger partial charge in [0, 0.05) is 4.88 Å². The smallest absolute Gasteiger partial charge is 0.394 e. The minimum absolute atomic E-state index is 0.214. The van der Waals surface area contributed by atoms with E-state index in [2.05, 4.69) is 4.98 Å². The van der Waals surface area contributed by atoms with E-state index in [4.69, 9.17) is 9.15 Å². The Kier molecular flexibility index (Phi) is 2.74. The van der Waals surface area contributed by atoms with Gasteiger partial charge in [0.1, 0.15) is 4.83 Å². The lowest BCUT2D eigenvalue weighted by Gasteiger charge is -1.98. The van der Waals surface area contributed by atoms with Gasteiger partial charge in [0.05, 0.1) is 12.0 Å². The number of rotatable bonds is 2. The normalized spacial score (nSPS) is 10.6. The number of hydrogen-bond acceptors (Lipinski definition) is 6. The lowest BCUT2D eigenvalue weighted by molar-refractivity contribution is 0.0474. The van der Waals surface area contributed by atoms with Gasteiger partial charge in [-0.3, -0.25) is 0 Å². The summed E-state index contributed by atoms with van der Waals surface area (Å²) in [4.78, 5) is 28.2. The summed E-state index contributed by atoms with van der Waals surface area (Å²) in [6.07, 6.45) is 0. The first-order valence-electron chi connectivity index (χ1n) is 4.70. The Morgan fingerprint density at radius 2 is 2.38 bits per heavy atom. The van der Waals surface area contributed by atoms with Crippen molar-refractivity contribution in [2.45, 2.75) is 13.8 Å². The molecule has 0 saturated carbocycles. The molecule has 84 valence electrons. The molecule has 0 amide bonds. The van der Waals surface area contributed by atoms with Crippen molar-refractivity contribution in [2.75, 3.05) is 6.61 Å². The topological polar surface area (TPSA) is 69.4 Å². The van der Waals surface area contributed by atoms with Crippen molar-refractivity contribution >= 4 is 27.5 Å². The number of nitrogens with zero attached hydrogens (tertiary/aromatic N) is 1. The van der Waals surface area contributed by atoms with Crippen LogP contribution in [0.5, 0.6) is 0 Å². The number of carbonyl (C=O) groups excluding carboxylic acids is 1. The van der Waals surface area contributed by atoms with Crippen LogP contribution in [0.2, 0.25) is 0 Å². The average molecular weight is 239 g/mol. The van der Waals surface area contributed by atoms with Crippen molar-refractivity contribution in [1.82, 2.24) is 4.98 Å². The Labute approximate surface area is 94.7 Å². The molecule has 0 aromatic carbocycles. The van der Waals surface area contributed by atoms with Crippen molar-refractivity contribution in [2.24, 2.45) is 0 Å². The first kappa shape index (κ1) is 10.8. The van der Waals surface area contributed by atoms with E-state index in [-0.39, 0.29) is 12.5 Å². The summed E-state index contributed by atoms with van der Waals surface area (Å²) in [5, 5.41) is 0.399. The van der Waals surface area contributed by atoms with Crippen molar-refractivity contribution < 1.29 is 13.9 Å². The predicted molar refractivity (Wildman–Crippen MR) is 58.8 cm³/mol. The van der Waals surface area contributed by atoms with E-state index in [1.807, 2.05) is 6.92 Å². The second-order valence-corrected chi connectivity index (χ2v) is 4.34. The molecule has 0 spiro atoms. The van der Waals surface area contributed by atoms with Gasteiger partial charge in [0.25, 0.3) is 0 Å². The van der Waals surface area contributed by atoms with Crippen LogP contribution in [0, 0.1) is 6.92 Å². The van der Waals surface area contributed by atoms with E-state index < -0.39 is 11.6 Å². The maximum Gasteiger partial charge on any atom is 0.394 e. The molecule has 0 fully saturated rings. The first-order valence-corrected chi connectivity index (χ1v) is 5.52. The van der Waals surface area contributed by atoms with Crippen LogP contribution >= 0.6 is 11.3 Å². The zero-order valence-corrected chi connectivity index (χ0v) is 9.59. The van der Waals surface area contributed by atoms with Gasteiger partial charge in [-0.25, -0.2) is 9.59 Å². The van der Waals surface area contributed by atoms with Crippen LogP contribution in [-0.2, 0) is 4.74 Å². The first-order chi connectivity index (χ1) is 7.61. The highest BCUT2D eigenvalue weighted by atomic mass is 32.1. The molecule has 2 aromatic rings. The molecule has 0 atom stereocenters. The highest BCUT2D eigenvalue weighted by Crippen LogP contribution is 2.20. The second kappa shape index (κ2) is 4.05. The summed E-state index contributed by atoms with van der Waals surface area (Å²) in [6.45, 7) is 3.74. The maximum atomic E-state index is 11.5. The van der Waals surface area contributed by atoms with E-state index in [0.717, 1.165) is 4.88 Å². The van der Waals surface area contributed by atoms with Crippen molar-refractivity contribution in [3.63, 3.8) is 0 Å². The standard InChI is InChI=1S/C10H9NO4S/c1-3-14-10(13)7-11-8-6(9(12)15-7)4-5(2)16-8/h4H,3H2,1-2H3. The van der Waals surface area contributed by atoms with Crippen molar-refractivity contribution in [3.05, 3.63) is 27.3 Å². The lowest BCUT2D eigenvalue weighted by Crippen LogP contribution is -2.11. The van der Waals surface area contributed by atoms with E-state index in [9.17, 15) is 9.59 Å². The summed E-state index contributed by atoms with van der Waals surface area (Å²) in [6, 6.07) is 1.69. The Balaban J connectivity index is 2.57. The SMILES string of the molecule is CCOC(=O)c1nc2sc(C)cc2c(=O)o1. The summed E-state index contributed by atoms with van der Waals surface area (Å²) in [7, 11) is 0. The molecule has 0 N–H and O–H groups in total. The lowest BCUT2D eigenvalue weighted by atomic mass is 10.4. The van der Waals surface area contributed by atoms with Gasteiger partial charge in [-0.2, -0.15) is 4.98 Å².